The van der Waals surface area contributed by atoms with E-state index in [1.54, 1.807) is 6.20 Å². The summed E-state index contributed by atoms with van der Waals surface area (Å²) in [5.41, 5.74) is 1.73. The van der Waals surface area contributed by atoms with E-state index in [4.69, 9.17) is 0 Å². The Balaban J connectivity index is 2.15. The highest BCUT2D eigenvalue weighted by Crippen LogP contribution is 2.21. The summed E-state index contributed by atoms with van der Waals surface area (Å²) in [7, 11) is 0. The highest BCUT2D eigenvalue weighted by molar-refractivity contribution is 5.75. The summed E-state index contributed by atoms with van der Waals surface area (Å²) < 4.78 is 0. The van der Waals surface area contributed by atoms with Gasteiger partial charge in [-0.3, -0.25) is 9.69 Å². The molecule has 98 valence electrons. The van der Waals surface area contributed by atoms with Gasteiger partial charge in [0.05, 0.1) is 0 Å². The Morgan fingerprint density at radius 2 is 2.28 bits per heavy atom. The van der Waals surface area contributed by atoms with Gasteiger partial charge in [-0.15, -0.1) is 0 Å². The molecule has 4 heteroatoms. The number of hydrogen-bond donors (Lipinski definition) is 0. The largest absolute Gasteiger partial charge is 0.354 e. The number of hydrogen-bond acceptors (Lipinski definition) is 4. The molecule has 0 amide bonds. The number of rotatable bonds is 3. The molecule has 1 aliphatic rings. The maximum atomic E-state index is 10.7. The Hall–Kier alpha value is -1.42. The molecular weight excluding hydrogens is 226 g/mol. The molecule has 0 spiro atoms. The molecule has 0 aliphatic carbocycles. The van der Waals surface area contributed by atoms with Crippen LogP contribution < -0.4 is 4.90 Å². The number of piperazine rings is 1. The highest BCUT2D eigenvalue weighted by Gasteiger charge is 2.23. The van der Waals surface area contributed by atoms with E-state index in [1.165, 1.54) is 0 Å². The van der Waals surface area contributed by atoms with Crippen molar-refractivity contribution in [1.29, 1.82) is 0 Å². The van der Waals surface area contributed by atoms with E-state index in [0.29, 0.717) is 11.6 Å². The van der Waals surface area contributed by atoms with Gasteiger partial charge in [0.25, 0.3) is 0 Å². The van der Waals surface area contributed by atoms with Crippen LogP contribution in [0.1, 0.15) is 29.8 Å². The molecular formula is C14H21N3O. The molecule has 1 aliphatic heterocycles. The van der Waals surface area contributed by atoms with E-state index < -0.39 is 0 Å². The van der Waals surface area contributed by atoms with Crippen LogP contribution in [0.15, 0.2) is 12.3 Å². The van der Waals surface area contributed by atoms with Crippen LogP contribution in [0.3, 0.4) is 0 Å². The van der Waals surface area contributed by atoms with Gasteiger partial charge in [-0.1, -0.05) is 6.92 Å². The van der Waals surface area contributed by atoms with Gasteiger partial charge in [0.1, 0.15) is 5.82 Å². The summed E-state index contributed by atoms with van der Waals surface area (Å²) in [5, 5.41) is 0. The highest BCUT2D eigenvalue weighted by atomic mass is 16.1. The van der Waals surface area contributed by atoms with Gasteiger partial charge in [0.2, 0.25) is 0 Å². The SMILES string of the molecule is CCN1CCN(c2ncc(C=O)cc2C)CC1C. The molecule has 0 saturated carbocycles. The first-order chi connectivity index (χ1) is 8.65. The van der Waals surface area contributed by atoms with E-state index in [-0.39, 0.29) is 0 Å². The minimum absolute atomic E-state index is 0.552. The lowest BCUT2D eigenvalue weighted by atomic mass is 10.1. The maximum Gasteiger partial charge on any atom is 0.151 e. The van der Waals surface area contributed by atoms with Crippen molar-refractivity contribution in [3.8, 4) is 0 Å². The zero-order chi connectivity index (χ0) is 13.1. The van der Waals surface area contributed by atoms with Crippen molar-refractivity contribution >= 4 is 12.1 Å². The van der Waals surface area contributed by atoms with Crippen molar-refractivity contribution in [3.63, 3.8) is 0 Å². The third-order valence-corrected chi connectivity index (χ3v) is 3.68. The molecule has 0 bridgehead atoms. The van der Waals surface area contributed by atoms with Gasteiger partial charge < -0.3 is 4.90 Å². The number of aromatic nitrogens is 1. The quantitative estimate of drug-likeness (QED) is 0.762. The molecule has 0 N–H and O–H groups in total. The predicted molar refractivity (Wildman–Crippen MR) is 73.3 cm³/mol. The third-order valence-electron chi connectivity index (χ3n) is 3.68. The van der Waals surface area contributed by atoms with Gasteiger partial charge in [0.15, 0.2) is 6.29 Å². The molecule has 2 rings (SSSR count). The van der Waals surface area contributed by atoms with Crippen LogP contribution >= 0.6 is 0 Å². The molecule has 1 atom stereocenters. The van der Waals surface area contributed by atoms with Crippen LogP contribution in [0, 0.1) is 6.92 Å². The summed E-state index contributed by atoms with van der Waals surface area (Å²) >= 11 is 0. The van der Waals surface area contributed by atoms with Gasteiger partial charge in [-0.05, 0) is 32.0 Å². The van der Waals surface area contributed by atoms with Crippen molar-refractivity contribution in [2.75, 3.05) is 31.1 Å². The zero-order valence-electron chi connectivity index (χ0n) is 11.4. The first-order valence-electron chi connectivity index (χ1n) is 6.56. The molecule has 1 saturated heterocycles. The second kappa shape index (κ2) is 5.48. The fourth-order valence-corrected chi connectivity index (χ4v) is 2.64. The van der Waals surface area contributed by atoms with Gasteiger partial charge >= 0.3 is 0 Å². The summed E-state index contributed by atoms with van der Waals surface area (Å²) in [6.45, 7) is 10.7. The Labute approximate surface area is 109 Å². The average molecular weight is 247 g/mol. The van der Waals surface area contributed by atoms with Crippen LogP contribution in [0.4, 0.5) is 5.82 Å². The number of carbonyl (C=O) groups is 1. The summed E-state index contributed by atoms with van der Waals surface area (Å²) in [6, 6.07) is 2.46. The molecule has 1 fully saturated rings. The fraction of sp³-hybridized carbons (Fsp3) is 0.571. The molecule has 1 aromatic rings. The summed E-state index contributed by atoms with van der Waals surface area (Å²) in [5.74, 6) is 1.02. The number of likely N-dealkylation sites (N-methyl/N-ethyl adjacent to an activating group) is 1. The van der Waals surface area contributed by atoms with Crippen LogP contribution in [0.25, 0.3) is 0 Å². The average Bonchev–Trinajstić information content (AvgIpc) is 2.38. The van der Waals surface area contributed by atoms with Gasteiger partial charge in [-0.2, -0.15) is 0 Å². The minimum atomic E-state index is 0.552. The molecule has 18 heavy (non-hydrogen) atoms. The standard InChI is InChI=1S/C14H21N3O/c1-4-16-5-6-17(9-12(16)3)14-11(2)7-13(10-18)8-15-14/h7-8,10,12H,4-6,9H2,1-3H3. The van der Waals surface area contributed by atoms with Crippen molar-refractivity contribution < 1.29 is 4.79 Å². The normalized spacial score (nSPS) is 21.1. The second-order valence-corrected chi connectivity index (χ2v) is 4.95. The Bertz CT molecular complexity index is 433. The van der Waals surface area contributed by atoms with Crippen LogP contribution in [-0.4, -0.2) is 48.4 Å². The van der Waals surface area contributed by atoms with Crippen LogP contribution in [-0.2, 0) is 0 Å². The number of carbonyl (C=O) groups excluding carboxylic acids is 1. The first kappa shape index (κ1) is 13.0. The molecule has 2 heterocycles. The summed E-state index contributed by atoms with van der Waals surface area (Å²) in [4.78, 5) is 20.0. The fourth-order valence-electron chi connectivity index (χ4n) is 2.64. The van der Waals surface area contributed by atoms with Crippen LogP contribution in [0.2, 0.25) is 0 Å². The topological polar surface area (TPSA) is 36.4 Å². The minimum Gasteiger partial charge on any atom is -0.354 e. The third kappa shape index (κ3) is 2.53. The molecule has 4 nitrogen and oxygen atoms in total. The van der Waals surface area contributed by atoms with Crippen molar-refractivity contribution in [2.45, 2.75) is 26.8 Å². The van der Waals surface area contributed by atoms with Gasteiger partial charge in [0, 0.05) is 37.4 Å². The maximum absolute atomic E-state index is 10.7. The number of pyridine rings is 1. The Kier molecular flexibility index (Phi) is 3.97. The molecule has 0 radical (unpaired) electrons. The lowest BCUT2D eigenvalue weighted by Crippen LogP contribution is -2.52. The van der Waals surface area contributed by atoms with E-state index >= 15 is 0 Å². The zero-order valence-corrected chi connectivity index (χ0v) is 11.4. The Morgan fingerprint density at radius 3 is 2.83 bits per heavy atom. The number of aryl methyl sites for hydroxylation is 1. The molecule has 0 aromatic carbocycles. The van der Waals surface area contributed by atoms with Crippen molar-refractivity contribution in [3.05, 3.63) is 23.4 Å². The van der Waals surface area contributed by atoms with Crippen molar-refractivity contribution in [2.24, 2.45) is 0 Å². The monoisotopic (exact) mass is 247 g/mol. The second-order valence-electron chi connectivity index (χ2n) is 4.95. The van der Waals surface area contributed by atoms with E-state index in [0.717, 1.165) is 43.8 Å². The number of aldehydes is 1. The lowest BCUT2D eigenvalue weighted by molar-refractivity contribution is 0.112. The smallest absolute Gasteiger partial charge is 0.151 e. The predicted octanol–water partition coefficient (Wildman–Crippen LogP) is 1.73. The van der Waals surface area contributed by atoms with E-state index in [2.05, 4.69) is 28.6 Å². The van der Waals surface area contributed by atoms with E-state index in [1.807, 2.05) is 13.0 Å². The first-order valence-corrected chi connectivity index (χ1v) is 6.56. The van der Waals surface area contributed by atoms with E-state index in [9.17, 15) is 4.79 Å². The number of nitrogens with zero attached hydrogens (tertiary/aromatic N) is 3. The molecule has 1 unspecified atom stereocenters. The lowest BCUT2D eigenvalue weighted by Gasteiger charge is -2.40. The Morgan fingerprint density at radius 1 is 1.50 bits per heavy atom. The number of anilines is 1. The van der Waals surface area contributed by atoms with Crippen molar-refractivity contribution in [1.82, 2.24) is 9.88 Å². The van der Waals surface area contributed by atoms with Gasteiger partial charge in [-0.25, -0.2) is 4.98 Å². The van der Waals surface area contributed by atoms with Crippen LogP contribution in [0.5, 0.6) is 0 Å². The summed E-state index contributed by atoms with van der Waals surface area (Å²) in [6.07, 6.45) is 2.51. The molecule has 1 aromatic heterocycles.